The van der Waals surface area contributed by atoms with Gasteiger partial charge in [0.15, 0.2) is 0 Å². The molecule has 2 bridgehead atoms. The van der Waals surface area contributed by atoms with Crippen molar-refractivity contribution >= 4 is 10.8 Å². The molecule has 0 radical (unpaired) electrons. The quantitative estimate of drug-likeness (QED) is 0.870. The van der Waals surface area contributed by atoms with Crippen LogP contribution in [-0.4, -0.2) is 17.6 Å². The molecule has 1 aliphatic heterocycles. The van der Waals surface area contributed by atoms with Gasteiger partial charge in [-0.2, -0.15) is 0 Å². The summed E-state index contributed by atoms with van der Waals surface area (Å²) >= 11 is 0. The Morgan fingerprint density at radius 3 is 3.11 bits per heavy atom. The molecule has 2 heterocycles. The van der Waals surface area contributed by atoms with Crippen molar-refractivity contribution in [2.45, 2.75) is 31.7 Å². The highest BCUT2D eigenvalue weighted by molar-refractivity contribution is 5.84. The van der Waals surface area contributed by atoms with Crippen LogP contribution in [0.5, 0.6) is 0 Å². The molecule has 1 aromatic heterocycles. The van der Waals surface area contributed by atoms with Crippen molar-refractivity contribution < 1.29 is 0 Å². The molecule has 4 rings (SSSR count). The zero-order chi connectivity index (χ0) is 12.0. The molecule has 2 unspecified atom stereocenters. The van der Waals surface area contributed by atoms with Crippen molar-refractivity contribution in [2.75, 3.05) is 6.54 Å². The van der Waals surface area contributed by atoms with Gasteiger partial charge in [0.1, 0.15) is 0 Å². The van der Waals surface area contributed by atoms with Crippen LogP contribution in [0.3, 0.4) is 0 Å². The van der Waals surface area contributed by atoms with Crippen LogP contribution in [-0.2, 0) is 6.42 Å². The molecule has 1 saturated heterocycles. The Bertz CT molecular complexity index is 577. The van der Waals surface area contributed by atoms with Crippen LogP contribution in [0.25, 0.3) is 10.8 Å². The highest BCUT2D eigenvalue weighted by atomic mass is 15.0. The van der Waals surface area contributed by atoms with E-state index >= 15 is 0 Å². The second-order valence-corrected chi connectivity index (χ2v) is 6.01. The van der Waals surface area contributed by atoms with Crippen molar-refractivity contribution in [3.05, 3.63) is 42.2 Å². The summed E-state index contributed by atoms with van der Waals surface area (Å²) in [6.07, 6.45) is 9.24. The van der Waals surface area contributed by atoms with E-state index in [1.165, 1.54) is 48.6 Å². The smallest absolute Gasteiger partial charge is 0.0346 e. The standard InChI is InChI=1S/C16H18N2/c1-2-12(15-5-7-17-10-13(15)3-1)8-16-6-4-14(9-16)18-11-16/h1-3,5,7,10,14,18H,4,6,8-9,11H2. The minimum absolute atomic E-state index is 0.530. The molecule has 2 fully saturated rings. The molecule has 0 amide bonds. The van der Waals surface area contributed by atoms with Crippen LogP contribution in [0.4, 0.5) is 0 Å². The Morgan fingerprint density at radius 1 is 1.33 bits per heavy atom. The number of nitrogens with one attached hydrogen (secondary N) is 1. The predicted molar refractivity (Wildman–Crippen MR) is 73.5 cm³/mol. The van der Waals surface area contributed by atoms with E-state index in [-0.39, 0.29) is 0 Å². The second kappa shape index (κ2) is 3.79. The minimum atomic E-state index is 0.530. The third-order valence-corrected chi connectivity index (χ3v) is 4.80. The third kappa shape index (κ3) is 1.56. The lowest BCUT2D eigenvalue weighted by atomic mass is 9.80. The Balaban J connectivity index is 1.75. The summed E-state index contributed by atoms with van der Waals surface area (Å²) in [6, 6.07) is 9.58. The largest absolute Gasteiger partial charge is 0.313 e. The summed E-state index contributed by atoms with van der Waals surface area (Å²) in [4.78, 5) is 4.22. The summed E-state index contributed by atoms with van der Waals surface area (Å²) in [7, 11) is 0. The molecule has 2 atom stereocenters. The molecule has 92 valence electrons. The number of hydrogen-bond acceptors (Lipinski definition) is 2. The summed E-state index contributed by atoms with van der Waals surface area (Å²) in [5.41, 5.74) is 2.03. The van der Waals surface area contributed by atoms with Crippen LogP contribution >= 0.6 is 0 Å². The Labute approximate surface area is 107 Å². The van der Waals surface area contributed by atoms with Crippen molar-refractivity contribution in [1.82, 2.24) is 10.3 Å². The van der Waals surface area contributed by atoms with E-state index in [2.05, 4.69) is 34.6 Å². The van der Waals surface area contributed by atoms with Gasteiger partial charge in [0.2, 0.25) is 0 Å². The first-order valence-electron chi connectivity index (χ1n) is 6.90. The SMILES string of the molecule is c1cc(CC23CCC(C2)NC3)c2ccncc2c1. The zero-order valence-electron chi connectivity index (χ0n) is 10.5. The van der Waals surface area contributed by atoms with E-state index in [9.17, 15) is 0 Å². The topological polar surface area (TPSA) is 24.9 Å². The molecule has 1 saturated carbocycles. The van der Waals surface area contributed by atoms with Gasteiger partial charge >= 0.3 is 0 Å². The average Bonchev–Trinajstić information content (AvgIpc) is 2.99. The van der Waals surface area contributed by atoms with Crippen LogP contribution < -0.4 is 5.32 Å². The monoisotopic (exact) mass is 238 g/mol. The van der Waals surface area contributed by atoms with Crippen LogP contribution in [0.15, 0.2) is 36.7 Å². The molecule has 2 nitrogen and oxygen atoms in total. The van der Waals surface area contributed by atoms with E-state index < -0.39 is 0 Å². The van der Waals surface area contributed by atoms with Crippen molar-refractivity contribution in [3.8, 4) is 0 Å². The molecule has 2 heteroatoms. The summed E-state index contributed by atoms with van der Waals surface area (Å²) in [6.45, 7) is 1.21. The fourth-order valence-electron chi connectivity index (χ4n) is 3.87. The second-order valence-electron chi connectivity index (χ2n) is 6.01. The van der Waals surface area contributed by atoms with Gasteiger partial charge in [0.05, 0.1) is 0 Å². The predicted octanol–water partition coefficient (Wildman–Crippen LogP) is 2.92. The maximum atomic E-state index is 4.22. The van der Waals surface area contributed by atoms with Crippen molar-refractivity contribution in [2.24, 2.45) is 5.41 Å². The van der Waals surface area contributed by atoms with Crippen molar-refractivity contribution in [3.63, 3.8) is 0 Å². The van der Waals surface area contributed by atoms with Crippen LogP contribution in [0, 0.1) is 5.41 Å². The number of nitrogens with zero attached hydrogens (tertiary/aromatic N) is 1. The van der Waals surface area contributed by atoms with Gasteiger partial charge in [0, 0.05) is 30.4 Å². The fraction of sp³-hybridized carbons (Fsp3) is 0.438. The number of benzene rings is 1. The molecule has 2 aromatic rings. The van der Waals surface area contributed by atoms with Crippen LogP contribution in [0.1, 0.15) is 24.8 Å². The summed E-state index contributed by atoms with van der Waals surface area (Å²) in [5.74, 6) is 0. The number of fused-ring (bicyclic) bond motifs is 3. The molecule has 1 aromatic carbocycles. The number of pyridine rings is 1. The molecule has 1 aliphatic carbocycles. The summed E-state index contributed by atoms with van der Waals surface area (Å²) < 4.78 is 0. The molecule has 1 N–H and O–H groups in total. The van der Waals surface area contributed by atoms with Gasteiger partial charge in [-0.15, -0.1) is 0 Å². The Kier molecular flexibility index (Phi) is 2.21. The molecular formula is C16H18N2. The van der Waals surface area contributed by atoms with Gasteiger partial charge in [-0.3, -0.25) is 4.98 Å². The lowest BCUT2D eigenvalue weighted by molar-refractivity contribution is 0.313. The lowest BCUT2D eigenvalue weighted by Crippen LogP contribution is -2.31. The van der Waals surface area contributed by atoms with Crippen LogP contribution in [0.2, 0.25) is 0 Å². The maximum absolute atomic E-state index is 4.22. The summed E-state index contributed by atoms with van der Waals surface area (Å²) in [5, 5.41) is 6.31. The zero-order valence-corrected chi connectivity index (χ0v) is 10.5. The van der Waals surface area contributed by atoms with E-state index in [0.29, 0.717) is 5.41 Å². The number of aromatic nitrogens is 1. The third-order valence-electron chi connectivity index (χ3n) is 4.80. The first kappa shape index (κ1) is 10.5. The van der Waals surface area contributed by atoms with Gasteiger partial charge in [0.25, 0.3) is 0 Å². The van der Waals surface area contributed by atoms with Gasteiger partial charge in [-0.05, 0) is 48.1 Å². The normalized spacial score (nSPS) is 30.1. The first-order chi connectivity index (χ1) is 8.85. The van der Waals surface area contributed by atoms with Gasteiger partial charge in [-0.1, -0.05) is 18.2 Å². The molecular weight excluding hydrogens is 220 g/mol. The average molecular weight is 238 g/mol. The minimum Gasteiger partial charge on any atom is -0.313 e. The van der Waals surface area contributed by atoms with Gasteiger partial charge < -0.3 is 5.32 Å². The highest BCUT2D eigenvalue weighted by Gasteiger charge is 2.44. The van der Waals surface area contributed by atoms with E-state index in [1.807, 2.05) is 12.4 Å². The highest BCUT2D eigenvalue weighted by Crippen LogP contribution is 2.45. The Hall–Kier alpha value is -1.41. The fourth-order valence-corrected chi connectivity index (χ4v) is 3.87. The lowest BCUT2D eigenvalue weighted by Gasteiger charge is -2.27. The number of piperidine rings is 1. The first-order valence-corrected chi connectivity index (χ1v) is 6.90. The Morgan fingerprint density at radius 2 is 2.33 bits per heavy atom. The maximum Gasteiger partial charge on any atom is 0.0346 e. The number of rotatable bonds is 2. The molecule has 2 aliphatic rings. The van der Waals surface area contributed by atoms with E-state index in [0.717, 1.165) is 6.04 Å². The van der Waals surface area contributed by atoms with Crippen molar-refractivity contribution in [1.29, 1.82) is 0 Å². The molecule has 0 spiro atoms. The molecule has 18 heavy (non-hydrogen) atoms. The van der Waals surface area contributed by atoms with Gasteiger partial charge in [-0.25, -0.2) is 0 Å². The number of hydrogen-bond donors (Lipinski definition) is 1. The van der Waals surface area contributed by atoms with E-state index in [4.69, 9.17) is 0 Å². The van der Waals surface area contributed by atoms with E-state index in [1.54, 1.807) is 0 Å².